The Balaban J connectivity index is 1.50. The van der Waals surface area contributed by atoms with E-state index < -0.39 is 0 Å². The summed E-state index contributed by atoms with van der Waals surface area (Å²) >= 11 is 0. The molecule has 0 spiro atoms. The first-order valence-corrected chi connectivity index (χ1v) is 10.7. The minimum Gasteiger partial charge on any atom is -0.452 e. The van der Waals surface area contributed by atoms with E-state index in [1.54, 1.807) is 13.1 Å². The van der Waals surface area contributed by atoms with Gasteiger partial charge in [-0.2, -0.15) is 5.10 Å². The fourth-order valence-corrected chi connectivity index (χ4v) is 4.43. The van der Waals surface area contributed by atoms with Crippen molar-refractivity contribution < 1.29 is 14.3 Å². The molecule has 8 nitrogen and oxygen atoms in total. The summed E-state index contributed by atoms with van der Waals surface area (Å²) in [4.78, 5) is 17.8. The number of carbonyl (C=O) groups is 1. The van der Waals surface area contributed by atoms with Crippen molar-refractivity contribution >= 4 is 22.7 Å². The Morgan fingerprint density at radius 3 is 2.75 bits per heavy atom. The number of piperidine rings is 1. The number of hydrogen-bond donors (Lipinski definition) is 2. The molecule has 1 fully saturated rings. The number of hydrogen-bond acceptors (Lipinski definition) is 6. The van der Waals surface area contributed by atoms with Crippen LogP contribution in [0.3, 0.4) is 0 Å². The Hall–Kier alpha value is -3.65. The van der Waals surface area contributed by atoms with Crippen molar-refractivity contribution in [2.24, 2.45) is 0 Å². The van der Waals surface area contributed by atoms with Crippen LogP contribution in [-0.2, 0) is 11.4 Å². The van der Waals surface area contributed by atoms with Crippen LogP contribution < -0.4 is 5.73 Å². The lowest BCUT2D eigenvalue weighted by Crippen LogP contribution is -2.37. The van der Waals surface area contributed by atoms with Crippen LogP contribution in [0.15, 0.2) is 53.3 Å². The molecule has 5 rings (SSSR count). The molecule has 4 heterocycles. The topological polar surface area (TPSA) is 110 Å². The highest BCUT2D eigenvalue weighted by molar-refractivity contribution is 6.00. The monoisotopic (exact) mass is 431 g/mol. The Kier molecular flexibility index (Phi) is 5.14. The minimum absolute atomic E-state index is 0.0803. The van der Waals surface area contributed by atoms with Gasteiger partial charge in [0, 0.05) is 54.5 Å². The van der Waals surface area contributed by atoms with Crippen molar-refractivity contribution in [3.05, 3.63) is 54.5 Å². The quantitative estimate of drug-likeness (QED) is 0.511. The highest BCUT2D eigenvalue weighted by atomic mass is 16.3. The third-order valence-electron chi connectivity index (χ3n) is 6.24. The molecule has 1 aliphatic rings. The molecule has 1 aromatic carbocycles. The van der Waals surface area contributed by atoms with Crippen LogP contribution >= 0.6 is 0 Å². The Bertz CT molecular complexity index is 1280. The Morgan fingerprint density at radius 1 is 1.22 bits per heavy atom. The van der Waals surface area contributed by atoms with E-state index in [0.29, 0.717) is 17.2 Å². The predicted molar refractivity (Wildman–Crippen MR) is 122 cm³/mol. The second kappa shape index (κ2) is 8.12. The maximum atomic E-state index is 11.6. The largest absolute Gasteiger partial charge is 0.452 e. The molecule has 1 aliphatic heterocycles. The number of benzene rings is 1. The van der Waals surface area contributed by atoms with Crippen molar-refractivity contribution in [1.29, 1.82) is 0 Å². The van der Waals surface area contributed by atoms with E-state index >= 15 is 0 Å². The number of nitrogens with two attached hydrogens (primary N) is 1. The number of likely N-dealkylation sites (tertiary alicyclic amines) is 1. The van der Waals surface area contributed by atoms with Crippen LogP contribution in [0.2, 0.25) is 0 Å². The normalized spacial score (nSPS) is 14.9. The number of rotatable bonds is 4. The number of fused-ring (bicyclic) bond motifs is 1. The van der Waals surface area contributed by atoms with Gasteiger partial charge in [0.05, 0.1) is 18.8 Å². The van der Waals surface area contributed by atoms with Crippen LogP contribution in [0.5, 0.6) is 0 Å². The first-order chi connectivity index (χ1) is 15.5. The molecule has 164 valence electrons. The van der Waals surface area contributed by atoms with E-state index in [4.69, 9.17) is 10.2 Å². The summed E-state index contributed by atoms with van der Waals surface area (Å²) in [5.41, 5.74) is 10.1. The smallest absolute Gasteiger partial charge is 0.219 e. The summed E-state index contributed by atoms with van der Waals surface area (Å²) in [5.74, 6) is 1.08. The van der Waals surface area contributed by atoms with Crippen LogP contribution in [0.4, 0.5) is 5.82 Å². The van der Waals surface area contributed by atoms with Gasteiger partial charge in [-0.25, -0.2) is 4.98 Å². The zero-order chi connectivity index (χ0) is 22.2. The zero-order valence-electron chi connectivity index (χ0n) is 17.9. The van der Waals surface area contributed by atoms with Gasteiger partial charge < -0.3 is 20.2 Å². The number of aromatic nitrogens is 3. The highest BCUT2D eigenvalue weighted by Crippen LogP contribution is 2.37. The lowest BCUT2D eigenvalue weighted by Gasteiger charge is -2.31. The zero-order valence-corrected chi connectivity index (χ0v) is 17.9. The van der Waals surface area contributed by atoms with Gasteiger partial charge in [0.25, 0.3) is 0 Å². The molecule has 3 aromatic heterocycles. The van der Waals surface area contributed by atoms with E-state index in [0.717, 1.165) is 53.6 Å². The third kappa shape index (κ3) is 3.52. The van der Waals surface area contributed by atoms with E-state index in [2.05, 4.69) is 10.1 Å². The number of nitrogens with zero attached hydrogens (tertiary/aromatic N) is 4. The first kappa shape index (κ1) is 20.3. The second-order valence-electron chi connectivity index (χ2n) is 8.17. The Labute approximate surface area is 185 Å². The summed E-state index contributed by atoms with van der Waals surface area (Å²) in [7, 11) is 0. The molecular weight excluding hydrogens is 406 g/mol. The maximum Gasteiger partial charge on any atom is 0.219 e. The lowest BCUT2D eigenvalue weighted by atomic mass is 10.0. The molecule has 0 radical (unpaired) electrons. The van der Waals surface area contributed by atoms with E-state index in [-0.39, 0.29) is 18.6 Å². The molecular formula is C24H25N5O3. The number of aliphatic hydroxyl groups excluding tert-OH is 1. The number of amides is 1. The molecule has 8 heteroatoms. The van der Waals surface area contributed by atoms with Crippen LogP contribution in [0.25, 0.3) is 33.4 Å². The third-order valence-corrected chi connectivity index (χ3v) is 6.24. The molecule has 0 bridgehead atoms. The average Bonchev–Trinajstić information content (AvgIpc) is 3.48. The standard InChI is InChI=1S/C24H25N5O3/c1-15(31)28-8-6-18(7-9-28)29-13-17(11-27-29)21-12-26-24(25)23-20(21)10-22(32-23)19-5-3-2-4-16(19)14-30/h2-5,10-13,18,30H,6-9,14H2,1H3,(H2,25,26). The van der Waals surface area contributed by atoms with Crippen molar-refractivity contribution in [2.75, 3.05) is 18.8 Å². The second-order valence-corrected chi connectivity index (χ2v) is 8.17. The lowest BCUT2D eigenvalue weighted by molar-refractivity contribution is -0.130. The number of anilines is 1. The van der Waals surface area contributed by atoms with Crippen LogP contribution in [0.1, 0.15) is 31.4 Å². The summed E-state index contributed by atoms with van der Waals surface area (Å²) in [5, 5.41) is 15.2. The fraction of sp³-hybridized carbons (Fsp3) is 0.292. The molecule has 0 atom stereocenters. The molecule has 0 aliphatic carbocycles. The number of aliphatic hydroxyl groups is 1. The first-order valence-electron chi connectivity index (χ1n) is 10.7. The molecule has 1 saturated heterocycles. The number of nitrogen functional groups attached to an aromatic ring is 1. The van der Waals surface area contributed by atoms with Crippen molar-refractivity contribution in [1.82, 2.24) is 19.7 Å². The number of furan rings is 1. The van der Waals surface area contributed by atoms with Crippen LogP contribution in [0, 0.1) is 0 Å². The summed E-state index contributed by atoms with van der Waals surface area (Å²) in [6, 6.07) is 9.78. The van der Waals surface area contributed by atoms with Crippen LogP contribution in [-0.4, -0.2) is 43.8 Å². The number of carbonyl (C=O) groups excluding carboxylic acids is 1. The molecule has 0 unspecified atom stereocenters. The van der Waals surface area contributed by atoms with Gasteiger partial charge in [-0.1, -0.05) is 24.3 Å². The van der Waals surface area contributed by atoms with Crippen molar-refractivity contribution in [3.8, 4) is 22.5 Å². The molecule has 0 saturated carbocycles. The molecule has 3 N–H and O–H groups in total. The Morgan fingerprint density at radius 2 is 2.00 bits per heavy atom. The van der Waals surface area contributed by atoms with Gasteiger partial charge in [0.2, 0.25) is 5.91 Å². The van der Waals surface area contributed by atoms with Gasteiger partial charge in [0.15, 0.2) is 11.4 Å². The van der Waals surface area contributed by atoms with Crippen molar-refractivity contribution in [3.63, 3.8) is 0 Å². The SMILES string of the molecule is CC(=O)N1CCC(n2cc(-c3cnc(N)c4oc(-c5ccccc5CO)cc34)cn2)CC1. The van der Waals surface area contributed by atoms with E-state index in [1.165, 1.54) is 0 Å². The minimum atomic E-state index is -0.0803. The fourth-order valence-electron chi connectivity index (χ4n) is 4.43. The summed E-state index contributed by atoms with van der Waals surface area (Å²) in [6.07, 6.45) is 7.36. The molecule has 4 aromatic rings. The van der Waals surface area contributed by atoms with Gasteiger partial charge in [0.1, 0.15) is 5.76 Å². The molecule has 32 heavy (non-hydrogen) atoms. The average molecular weight is 431 g/mol. The number of pyridine rings is 1. The van der Waals surface area contributed by atoms with Crippen molar-refractivity contribution in [2.45, 2.75) is 32.4 Å². The predicted octanol–water partition coefficient (Wildman–Crippen LogP) is 3.62. The summed E-state index contributed by atoms with van der Waals surface area (Å²) in [6.45, 7) is 3.03. The molecule has 1 amide bonds. The summed E-state index contributed by atoms with van der Waals surface area (Å²) < 4.78 is 8.07. The van der Waals surface area contributed by atoms with E-state index in [1.807, 2.05) is 52.3 Å². The van der Waals surface area contributed by atoms with Gasteiger partial charge >= 0.3 is 0 Å². The highest BCUT2D eigenvalue weighted by Gasteiger charge is 2.23. The maximum absolute atomic E-state index is 11.6. The van der Waals surface area contributed by atoms with Gasteiger partial charge in [-0.05, 0) is 24.5 Å². The van der Waals surface area contributed by atoms with E-state index in [9.17, 15) is 9.90 Å². The van der Waals surface area contributed by atoms with Gasteiger partial charge in [-0.3, -0.25) is 9.48 Å². The van der Waals surface area contributed by atoms with Gasteiger partial charge in [-0.15, -0.1) is 0 Å².